The molecule has 0 radical (unpaired) electrons. The highest BCUT2D eigenvalue weighted by atomic mass is 16.5. The van der Waals surface area contributed by atoms with Gasteiger partial charge in [-0.1, -0.05) is 12.1 Å². The fourth-order valence-electron chi connectivity index (χ4n) is 3.19. The Labute approximate surface area is 167 Å². The Morgan fingerprint density at radius 1 is 0.964 bits per heavy atom. The van der Waals surface area contributed by atoms with E-state index in [0.29, 0.717) is 0 Å². The molecule has 0 atom stereocenters. The van der Waals surface area contributed by atoms with Crippen LogP contribution in [0.3, 0.4) is 0 Å². The lowest BCUT2D eigenvalue weighted by atomic mass is 10.2. The van der Waals surface area contributed by atoms with Crippen LogP contribution in [-0.4, -0.2) is 55.2 Å². The summed E-state index contributed by atoms with van der Waals surface area (Å²) in [7, 11) is 1.67. The van der Waals surface area contributed by atoms with Crippen molar-refractivity contribution in [3.8, 4) is 11.5 Å². The van der Waals surface area contributed by atoms with Gasteiger partial charge >= 0.3 is 6.03 Å². The molecule has 1 heterocycles. The molecule has 0 aliphatic carbocycles. The molecule has 0 aromatic heterocycles. The van der Waals surface area contributed by atoms with E-state index in [0.717, 1.165) is 49.9 Å². The average molecular weight is 383 g/mol. The van der Waals surface area contributed by atoms with E-state index in [9.17, 15) is 4.79 Å². The smallest absolute Gasteiger partial charge is 0.321 e. The normalized spacial score (nSPS) is 14.8. The van der Waals surface area contributed by atoms with Crippen molar-refractivity contribution in [2.75, 3.05) is 38.6 Å². The molecule has 2 amide bonds. The largest absolute Gasteiger partial charge is 0.497 e. The van der Waals surface area contributed by atoms with Crippen LogP contribution in [0.5, 0.6) is 11.5 Å². The van der Waals surface area contributed by atoms with Gasteiger partial charge in [0.25, 0.3) is 0 Å². The predicted octanol–water partition coefficient (Wildman–Crippen LogP) is 3.83. The van der Waals surface area contributed by atoms with Gasteiger partial charge in [-0.2, -0.15) is 0 Å². The van der Waals surface area contributed by atoms with Gasteiger partial charge in [-0.25, -0.2) is 4.79 Å². The molecule has 1 aliphatic rings. The van der Waals surface area contributed by atoms with Crippen LogP contribution in [-0.2, 0) is 6.54 Å². The van der Waals surface area contributed by atoms with Crippen LogP contribution < -0.4 is 14.8 Å². The number of ether oxygens (including phenoxy) is 2. The molecule has 1 saturated heterocycles. The molecule has 2 aromatic carbocycles. The van der Waals surface area contributed by atoms with Crippen LogP contribution in [0.25, 0.3) is 0 Å². The Hall–Kier alpha value is -2.73. The van der Waals surface area contributed by atoms with Gasteiger partial charge in [0.2, 0.25) is 0 Å². The Balaban J connectivity index is 1.45. The van der Waals surface area contributed by atoms with Gasteiger partial charge in [-0.15, -0.1) is 0 Å². The SMILES string of the molecule is COc1ccc(CN2CCN(C(=O)Nc3ccc(OC(C)C)cc3)CC2)cc1. The third kappa shape index (κ3) is 5.63. The number of nitrogens with one attached hydrogen (secondary N) is 1. The number of piperazine rings is 1. The summed E-state index contributed by atoms with van der Waals surface area (Å²) < 4.78 is 10.8. The van der Waals surface area contributed by atoms with Gasteiger partial charge in [0.05, 0.1) is 13.2 Å². The number of hydrogen-bond donors (Lipinski definition) is 1. The Kier molecular flexibility index (Phi) is 6.76. The molecule has 1 fully saturated rings. The Morgan fingerprint density at radius 2 is 1.57 bits per heavy atom. The summed E-state index contributed by atoms with van der Waals surface area (Å²) >= 11 is 0. The van der Waals surface area contributed by atoms with Crippen molar-refractivity contribution in [1.29, 1.82) is 0 Å². The summed E-state index contributed by atoms with van der Waals surface area (Å²) in [5, 5.41) is 2.97. The monoisotopic (exact) mass is 383 g/mol. The van der Waals surface area contributed by atoms with Crippen molar-refractivity contribution < 1.29 is 14.3 Å². The highest BCUT2D eigenvalue weighted by Crippen LogP contribution is 2.18. The van der Waals surface area contributed by atoms with Crippen molar-refractivity contribution in [3.05, 3.63) is 54.1 Å². The third-order valence-electron chi connectivity index (χ3n) is 4.70. The predicted molar refractivity (Wildman–Crippen MR) is 111 cm³/mol. The molecule has 150 valence electrons. The van der Waals surface area contributed by atoms with Gasteiger partial charge in [0.15, 0.2) is 0 Å². The number of nitrogens with zero attached hydrogens (tertiary/aromatic N) is 2. The first kappa shape index (κ1) is 20.0. The number of hydrogen-bond acceptors (Lipinski definition) is 4. The average Bonchev–Trinajstić information content (AvgIpc) is 2.70. The molecule has 1 N–H and O–H groups in total. The molecule has 0 saturated carbocycles. The number of methoxy groups -OCH3 is 1. The van der Waals surface area contributed by atoms with Crippen molar-refractivity contribution in [2.45, 2.75) is 26.5 Å². The van der Waals surface area contributed by atoms with E-state index in [4.69, 9.17) is 9.47 Å². The molecule has 28 heavy (non-hydrogen) atoms. The van der Waals surface area contributed by atoms with Gasteiger partial charge in [-0.05, 0) is 55.8 Å². The summed E-state index contributed by atoms with van der Waals surface area (Å²) in [4.78, 5) is 16.7. The van der Waals surface area contributed by atoms with Crippen LogP contribution in [0.4, 0.5) is 10.5 Å². The van der Waals surface area contributed by atoms with Crippen LogP contribution in [0.15, 0.2) is 48.5 Å². The summed E-state index contributed by atoms with van der Waals surface area (Å²) in [6, 6.07) is 15.6. The van der Waals surface area contributed by atoms with Gasteiger partial charge < -0.3 is 19.7 Å². The highest BCUT2D eigenvalue weighted by molar-refractivity contribution is 5.89. The maximum absolute atomic E-state index is 12.5. The van der Waals surface area contributed by atoms with Crippen LogP contribution in [0.1, 0.15) is 19.4 Å². The van der Waals surface area contributed by atoms with Crippen LogP contribution >= 0.6 is 0 Å². The minimum absolute atomic E-state index is 0.0541. The first-order valence-electron chi connectivity index (χ1n) is 9.71. The van der Waals surface area contributed by atoms with E-state index in [2.05, 4.69) is 22.3 Å². The summed E-state index contributed by atoms with van der Waals surface area (Å²) in [6.45, 7) is 8.03. The molecule has 2 aromatic rings. The maximum atomic E-state index is 12.5. The minimum atomic E-state index is -0.0541. The van der Waals surface area contributed by atoms with Crippen molar-refractivity contribution in [2.24, 2.45) is 0 Å². The highest BCUT2D eigenvalue weighted by Gasteiger charge is 2.21. The maximum Gasteiger partial charge on any atom is 0.321 e. The van der Waals surface area contributed by atoms with E-state index < -0.39 is 0 Å². The summed E-state index contributed by atoms with van der Waals surface area (Å²) in [5.41, 5.74) is 2.03. The Morgan fingerprint density at radius 3 is 2.14 bits per heavy atom. The first-order chi connectivity index (χ1) is 13.5. The van der Waals surface area contributed by atoms with Gasteiger partial charge in [0.1, 0.15) is 11.5 Å². The lowest BCUT2D eigenvalue weighted by molar-refractivity contribution is 0.143. The van der Waals surface area contributed by atoms with Crippen molar-refractivity contribution in [1.82, 2.24) is 9.80 Å². The summed E-state index contributed by atoms with van der Waals surface area (Å²) in [6.07, 6.45) is 0.134. The number of rotatable bonds is 6. The molecule has 6 heteroatoms. The summed E-state index contributed by atoms with van der Waals surface area (Å²) in [5.74, 6) is 1.68. The van der Waals surface area contributed by atoms with Crippen LogP contribution in [0, 0.1) is 0 Å². The van der Waals surface area contributed by atoms with E-state index in [-0.39, 0.29) is 12.1 Å². The second-order valence-corrected chi connectivity index (χ2v) is 7.23. The lowest BCUT2D eigenvalue weighted by Crippen LogP contribution is -2.49. The standard InChI is InChI=1S/C22H29N3O3/c1-17(2)28-21-10-6-19(7-11-21)23-22(26)25-14-12-24(13-15-25)16-18-4-8-20(27-3)9-5-18/h4-11,17H,12-16H2,1-3H3,(H,23,26). The van der Waals surface area contributed by atoms with E-state index in [1.54, 1.807) is 7.11 Å². The zero-order valence-corrected chi connectivity index (χ0v) is 16.9. The zero-order valence-electron chi connectivity index (χ0n) is 16.9. The number of urea groups is 1. The molecule has 0 bridgehead atoms. The number of carbonyl (C=O) groups is 1. The molecular formula is C22H29N3O3. The topological polar surface area (TPSA) is 54.0 Å². The van der Waals surface area contributed by atoms with Crippen molar-refractivity contribution >= 4 is 11.7 Å². The molecule has 0 unspecified atom stereocenters. The number of amides is 2. The quantitative estimate of drug-likeness (QED) is 0.824. The van der Waals surface area contributed by atoms with E-state index >= 15 is 0 Å². The fourth-order valence-corrected chi connectivity index (χ4v) is 3.19. The van der Waals surface area contributed by atoms with E-state index in [1.807, 2.05) is 55.1 Å². The Bertz CT molecular complexity index is 752. The first-order valence-corrected chi connectivity index (χ1v) is 9.71. The second-order valence-electron chi connectivity index (χ2n) is 7.23. The molecule has 6 nitrogen and oxygen atoms in total. The molecule has 3 rings (SSSR count). The number of carbonyl (C=O) groups excluding carboxylic acids is 1. The van der Waals surface area contributed by atoms with E-state index in [1.165, 1.54) is 5.56 Å². The lowest BCUT2D eigenvalue weighted by Gasteiger charge is -2.34. The van der Waals surface area contributed by atoms with Gasteiger partial charge in [-0.3, -0.25) is 4.90 Å². The van der Waals surface area contributed by atoms with Gasteiger partial charge in [0, 0.05) is 38.4 Å². The molecule has 0 spiro atoms. The molecule has 1 aliphatic heterocycles. The number of anilines is 1. The van der Waals surface area contributed by atoms with Crippen molar-refractivity contribution in [3.63, 3.8) is 0 Å². The van der Waals surface area contributed by atoms with Crippen LogP contribution in [0.2, 0.25) is 0 Å². The minimum Gasteiger partial charge on any atom is -0.497 e. The zero-order chi connectivity index (χ0) is 19.9. The number of benzene rings is 2. The third-order valence-corrected chi connectivity index (χ3v) is 4.70. The fraction of sp³-hybridized carbons (Fsp3) is 0.409. The molecular weight excluding hydrogens is 354 g/mol. The second kappa shape index (κ2) is 9.46.